The van der Waals surface area contributed by atoms with E-state index in [4.69, 9.17) is 4.74 Å². The van der Waals surface area contributed by atoms with Gasteiger partial charge in [0.2, 0.25) is 5.91 Å². The van der Waals surface area contributed by atoms with Crippen molar-refractivity contribution in [1.82, 2.24) is 4.90 Å². The summed E-state index contributed by atoms with van der Waals surface area (Å²) in [5.41, 5.74) is 0.879. The van der Waals surface area contributed by atoms with E-state index in [2.05, 4.69) is 32.8 Å². The minimum absolute atomic E-state index is 0.0354. The van der Waals surface area contributed by atoms with Crippen molar-refractivity contribution in [3.05, 3.63) is 27.8 Å². The Kier molecular flexibility index (Phi) is 4.96. The van der Waals surface area contributed by atoms with Crippen LogP contribution >= 0.6 is 22.6 Å². The summed E-state index contributed by atoms with van der Waals surface area (Å²) in [4.78, 5) is 14.1. The lowest BCUT2D eigenvalue weighted by atomic mass is 10.3. The van der Waals surface area contributed by atoms with Gasteiger partial charge in [0, 0.05) is 16.7 Å². The predicted octanol–water partition coefficient (Wildman–Crippen LogP) is 1.95. The highest BCUT2D eigenvalue weighted by molar-refractivity contribution is 14.1. The smallest absolute Gasteiger partial charge is 0.238 e. The molecular formula is C13H17IN2O2. The molecule has 1 saturated heterocycles. The third-order valence-electron chi connectivity index (χ3n) is 2.84. The van der Waals surface area contributed by atoms with Gasteiger partial charge in [-0.15, -0.1) is 0 Å². The zero-order valence-electron chi connectivity index (χ0n) is 10.4. The molecule has 5 heteroatoms. The van der Waals surface area contributed by atoms with Crippen molar-refractivity contribution < 1.29 is 9.53 Å². The van der Waals surface area contributed by atoms with Crippen molar-refractivity contribution in [2.75, 3.05) is 31.6 Å². The quantitative estimate of drug-likeness (QED) is 0.838. The monoisotopic (exact) mass is 360 g/mol. The summed E-state index contributed by atoms with van der Waals surface area (Å²) in [7, 11) is 0. The van der Waals surface area contributed by atoms with Crippen LogP contribution in [0.1, 0.15) is 6.92 Å². The molecular weight excluding hydrogens is 343 g/mol. The van der Waals surface area contributed by atoms with Gasteiger partial charge in [0.15, 0.2) is 0 Å². The van der Waals surface area contributed by atoms with E-state index in [1.54, 1.807) is 0 Å². The molecule has 4 nitrogen and oxygen atoms in total. The zero-order chi connectivity index (χ0) is 13.0. The van der Waals surface area contributed by atoms with Crippen LogP contribution in [0.4, 0.5) is 5.69 Å². The van der Waals surface area contributed by atoms with Crippen LogP contribution in [-0.2, 0) is 9.53 Å². The van der Waals surface area contributed by atoms with Crippen LogP contribution in [0.2, 0.25) is 0 Å². The molecule has 1 aromatic carbocycles. The number of benzene rings is 1. The van der Waals surface area contributed by atoms with E-state index in [9.17, 15) is 4.79 Å². The Morgan fingerprint density at radius 3 is 3.06 bits per heavy atom. The molecule has 1 aliphatic rings. The average molecular weight is 360 g/mol. The molecule has 0 spiro atoms. The summed E-state index contributed by atoms with van der Waals surface area (Å²) < 4.78 is 6.51. The summed E-state index contributed by atoms with van der Waals surface area (Å²) in [6.45, 7) is 4.81. The van der Waals surface area contributed by atoms with E-state index in [0.29, 0.717) is 13.2 Å². The lowest BCUT2D eigenvalue weighted by Gasteiger charge is -2.30. The van der Waals surface area contributed by atoms with Crippen molar-refractivity contribution in [3.63, 3.8) is 0 Å². The van der Waals surface area contributed by atoms with Crippen molar-refractivity contribution in [3.8, 4) is 0 Å². The van der Waals surface area contributed by atoms with Crippen LogP contribution in [0, 0.1) is 3.57 Å². The third kappa shape index (κ3) is 3.93. The Balaban J connectivity index is 1.87. The molecule has 0 aliphatic carbocycles. The zero-order valence-corrected chi connectivity index (χ0v) is 12.5. The summed E-state index contributed by atoms with van der Waals surface area (Å²) in [5.74, 6) is 0.0354. The van der Waals surface area contributed by atoms with Gasteiger partial charge >= 0.3 is 0 Å². The molecule has 1 fully saturated rings. The number of halogens is 1. The Morgan fingerprint density at radius 1 is 1.56 bits per heavy atom. The Hall–Kier alpha value is -0.660. The third-order valence-corrected chi connectivity index (χ3v) is 3.78. The number of amides is 1. The van der Waals surface area contributed by atoms with Gasteiger partial charge in [-0.05, 0) is 41.6 Å². The summed E-state index contributed by atoms with van der Waals surface area (Å²) >= 11 is 2.22. The van der Waals surface area contributed by atoms with Crippen LogP contribution in [0.5, 0.6) is 0 Å². The second kappa shape index (κ2) is 6.49. The van der Waals surface area contributed by atoms with Crippen LogP contribution in [0.25, 0.3) is 0 Å². The van der Waals surface area contributed by atoms with Crippen LogP contribution in [0.15, 0.2) is 24.3 Å². The van der Waals surface area contributed by atoms with Crippen LogP contribution < -0.4 is 5.32 Å². The van der Waals surface area contributed by atoms with Gasteiger partial charge in [-0.2, -0.15) is 0 Å². The first-order valence-corrected chi connectivity index (χ1v) is 7.11. The summed E-state index contributed by atoms with van der Waals surface area (Å²) in [6, 6.07) is 7.78. The normalized spacial score (nSPS) is 20.7. The minimum Gasteiger partial charge on any atom is -0.376 e. The number of rotatable bonds is 3. The number of anilines is 1. The highest BCUT2D eigenvalue weighted by Gasteiger charge is 2.19. The van der Waals surface area contributed by atoms with E-state index in [0.717, 1.165) is 22.3 Å². The van der Waals surface area contributed by atoms with Gasteiger partial charge < -0.3 is 10.1 Å². The summed E-state index contributed by atoms with van der Waals surface area (Å²) in [6.07, 6.45) is 0.211. The fourth-order valence-electron chi connectivity index (χ4n) is 1.99. The molecule has 1 aromatic rings. The Bertz CT molecular complexity index is 425. The van der Waals surface area contributed by atoms with E-state index >= 15 is 0 Å². The lowest BCUT2D eigenvalue weighted by molar-refractivity contribution is -0.119. The maximum atomic E-state index is 11.9. The van der Waals surface area contributed by atoms with Gasteiger partial charge in [-0.3, -0.25) is 9.69 Å². The Morgan fingerprint density at radius 2 is 2.33 bits per heavy atom. The first-order chi connectivity index (χ1) is 8.65. The molecule has 0 saturated carbocycles. The van der Waals surface area contributed by atoms with Gasteiger partial charge in [0.1, 0.15) is 0 Å². The van der Waals surface area contributed by atoms with E-state index < -0.39 is 0 Å². The fourth-order valence-corrected chi connectivity index (χ4v) is 2.51. The molecule has 18 heavy (non-hydrogen) atoms. The number of hydrogen-bond donors (Lipinski definition) is 1. The van der Waals surface area contributed by atoms with E-state index in [-0.39, 0.29) is 12.0 Å². The second-order valence-electron chi connectivity index (χ2n) is 4.44. The van der Waals surface area contributed by atoms with Gasteiger partial charge in [0.05, 0.1) is 24.9 Å². The molecule has 1 aliphatic heterocycles. The molecule has 1 heterocycles. The predicted molar refractivity (Wildman–Crippen MR) is 79.6 cm³/mol. The Labute approximate surface area is 121 Å². The maximum absolute atomic E-state index is 11.9. The maximum Gasteiger partial charge on any atom is 0.238 e. The van der Waals surface area contributed by atoms with Gasteiger partial charge in [-0.1, -0.05) is 12.1 Å². The van der Waals surface area contributed by atoms with Crippen molar-refractivity contribution >= 4 is 34.2 Å². The molecule has 0 aromatic heterocycles. The number of nitrogens with one attached hydrogen (secondary N) is 1. The highest BCUT2D eigenvalue weighted by Crippen LogP contribution is 2.16. The molecule has 0 bridgehead atoms. The molecule has 1 unspecified atom stereocenters. The molecule has 2 rings (SSSR count). The number of morpholine rings is 1. The minimum atomic E-state index is 0.0354. The van der Waals surface area contributed by atoms with Gasteiger partial charge in [-0.25, -0.2) is 0 Å². The van der Waals surface area contributed by atoms with E-state index in [1.807, 2.05) is 31.2 Å². The first kappa shape index (κ1) is 13.8. The van der Waals surface area contributed by atoms with Crippen LogP contribution in [0.3, 0.4) is 0 Å². The van der Waals surface area contributed by atoms with E-state index in [1.165, 1.54) is 0 Å². The second-order valence-corrected chi connectivity index (χ2v) is 5.61. The van der Waals surface area contributed by atoms with Gasteiger partial charge in [0.25, 0.3) is 0 Å². The molecule has 0 radical (unpaired) electrons. The van der Waals surface area contributed by atoms with Crippen molar-refractivity contribution in [1.29, 1.82) is 0 Å². The number of ether oxygens (including phenoxy) is 1. The number of hydrogen-bond acceptors (Lipinski definition) is 3. The number of carbonyl (C=O) groups excluding carboxylic acids is 1. The number of carbonyl (C=O) groups is 1. The SMILES string of the molecule is CC1CN(CC(=O)Nc2ccccc2I)CCO1. The lowest BCUT2D eigenvalue weighted by Crippen LogP contribution is -2.44. The molecule has 1 amide bonds. The fraction of sp³-hybridized carbons (Fsp3) is 0.462. The number of nitrogens with zero attached hydrogens (tertiary/aromatic N) is 1. The molecule has 98 valence electrons. The first-order valence-electron chi connectivity index (χ1n) is 6.03. The largest absolute Gasteiger partial charge is 0.376 e. The van der Waals surface area contributed by atoms with Crippen molar-refractivity contribution in [2.24, 2.45) is 0 Å². The summed E-state index contributed by atoms with van der Waals surface area (Å²) in [5, 5.41) is 2.94. The van der Waals surface area contributed by atoms with Crippen molar-refractivity contribution in [2.45, 2.75) is 13.0 Å². The van der Waals surface area contributed by atoms with Crippen LogP contribution in [-0.4, -0.2) is 43.2 Å². The number of para-hydroxylation sites is 1. The highest BCUT2D eigenvalue weighted by atomic mass is 127. The average Bonchev–Trinajstić information content (AvgIpc) is 2.32. The standard InChI is InChI=1S/C13H17IN2O2/c1-10-8-16(6-7-18-10)9-13(17)15-12-5-3-2-4-11(12)14/h2-5,10H,6-9H2,1H3,(H,15,17). The molecule has 1 N–H and O–H groups in total. The topological polar surface area (TPSA) is 41.6 Å². The molecule has 1 atom stereocenters.